The van der Waals surface area contributed by atoms with Gasteiger partial charge in [-0.2, -0.15) is 5.10 Å². The number of nitrogens with one attached hydrogen (secondary N) is 1. The van der Waals surface area contributed by atoms with E-state index in [0.29, 0.717) is 6.54 Å². The summed E-state index contributed by atoms with van der Waals surface area (Å²) in [6.07, 6.45) is 0. The summed E-state index contributed by atoms with van der Waals surface area (Å²) in [4.78, 5) is 11.2. The highest BCUT2D eigenvalue weighted by molar-refractivity contribution is 5.89. The number of carboxylic acid groups (broad SMARTS) is 1. The lowest BCUT2D eigenvalue weighted by Crippen LogP contribution is -2.17. The highest BCUT2D eigenvalue weighted by Gasteiger charge is 2.30. The van der Waals surface area contributed by atoms with Gasteiger partial charge in [-0.3, -0.25) is 0 Å². The zero-order valence-electron chi connectivity index (χ0n) is 10.5. The van der Waals surface area contributed by atoms with Crippen LogP contribution in [0.3, 0.4) is 0 Å². The van der Waals surface area contributed by atoms with Gasteiger partial charge in [0.25, 0.3) is 0 Å². The number of hydrogen-bond donors (Lipinski definition) is 2. The van der Waals surface area contributed by atoms with Crippen LogP contribution < -0.4 is 5.32 Å². The first kappa shape index (κ1) is 12.5. The molecule has 0 aliphatic heterocycles. The SMILES string of the molecule is CCn1nc(C(=O)O)c(C(C)(C)C)c1NC. The summed E-state index contributed by atoms with van der Waals surface area (Å²) < 4.78 is 1.68. The number of hydrogen-bond acceptors (Lipinski definition) is 3. The molecule has 5 heteroatoms. The standard InChI is InChI=1S/C11H19N3O2/c1-6-14-9(12-5)7(11(2,3)4)8(13-14)10(15)16/h12H,6H2,1-5H3,(H,15,16). The van der Waals surface area contributed by atoms with Crippen molar-refractivity contribution in [1.82, 2.24) is 9.78 Å². The second-order valence-corrected chi connectivity index (χ2v) is 4.69. The predicted molar refractivity (Wildman–Crippen MR) is 63.1 cm³/mol. The molecule has 0 amide bonds. The Kier molecular flexibility index (Phi) is 3.26. The normalized spacial score (nSPS) is 11.6. The summed E-state index contributed by atoms with van der Waals surface area (Å²) in [6.45, 7) is 8.53. The van der Waals surface area contributed by atoms with Gasteiger partial charge >= 0.3 is 5.97 Å². The molecule has 1 aromatic rings. The molecule has 0 bridgehead atoms. The van der Waals surface area contributed by atoms with Gasteiger partial charge in [0, 0.05) is 19.2 Å². The molecule has 0 aromatic carbocycles. The van der Waals surface area contributed by atoms with Crippen molar-refractivity contribution in [3.05, 3.63) is 11.3 Å². The summed E-state index contributed by atoms with van der Waals surface area (Å²) in [7, 11) is 1.78. The van der Waals surface area contributed by atoms with Gasteiger partial charge < -0.3 is 10.4 Å². The third-order valence-electron chi connectivity index (χ3n) is 2.44. The van der Waals surface area contributed by atoms with Gasteiger partial charge in [-0.05, 0) is 12.3 Å². The molecule has 5 nitrogen and oxygen atoms in total. The number of carboxylic acids is 1. The molecular weight excluding hydrogens is 206 g/mol. The van der Waals surface area contributed by atoms with Crippen LogP contribution in [-0.2, 0) is 12.0 Å². The van der Waals surface area contributed by atoms with Crippen molar-refractivity contribution < 1.29 is 9.90 Å². The van der Waals surface area contributed by atoms with E-state index in [1.165, 1.54) is 0 Å². The molecular formula is C11H19N3O2. The molecule has 2 N–H and O–H groups in total. The highest BCUT2D eigenvalue weighted by atomic mass is 16.4. The van der Waals surface area contributed by atoms with Gasteiger partial charge in [0.15, 0.2) is 5.69 Å². The number of carbonyl (C=O) groups is 1. The monoisotopic (exact) mass is 225 g/mol. The first-order valence-corrected chi connectivity index (χ1v) is 5.35. The molecule has 90 valence electrons. The Morgan fingerprint density at radius 1 is 1.50 bits per heavy atom. The van der Waals surface area contributed by atoms with E-state index in [2.05, 4.69) is 10.4 Å². The number of aryl methyl sites for hydroxylation is 1. The highest BCUT2D eigenvalue weighted by Crippen LogP contribution is 2.32. The van der Waals surface area contributed by atoms with Crippen molar-refractivity contribution >= 4 is 11.8 Å². The number of aromatic nitrogens is 2. The molecule has 0 atom stereocenters. The van der Waals surface area contributed by atoms with Crippen LogP contribution in [0.2, 0.25) is 0 Å². The zero-order chi connectivity index (χ0) is 12.5. The van der Waals surface area contributed by atoms with E-state index in [9.17, 15) is 4.79 Å². The second-order valence-electron chi connectivity index (χ2n) is 4.69. The van der Waals surface area contributed by atoms with Crippen molar-refractivity contribution in [1.29, 1.82) is 0 Å². The molecule has 0 aliphatic rings. The van der Waals surface area contributed by atoms with E-state index in [1.54, 1.807) is 11.7 Å². The topological polar surface area (TPSA) is 67.2 Å². The summed E-state index contributed by atoms with van der Waals surface area (Å²) in [5.41, 5.74) is 0.641. The number of aromatic carboxylic acids is 1. The summed E-state index contributed by atoms with van der Waals surface area (Å²) in [6, 6.07) is 0. The summed E-state index contributed by atoms with van der Waals surface area (Å²) >= 11 is 0. The van der Waals surface area contributed by atoms with Gasteiger partial charge in [-0.25, -0.2) is 9.48 Å². The van der Waals surface area contributed by atoms with E-state index in [-0.39, 0.29) is 11.1 Å². The smallest absolute Gasteiger partial charge is 0.356 e. The number of rotatable bonds is 3. The maximum Gasteiger partial charge on any atom is 0.356 e. The van der Waals surface area contributed by atoms with Crippen molar-refractivity contribution in [2.24, 2.45) is 0 Å². The zero-order valence-corrected chi connectivity index (χ0v) is 10.5. The molecule has 0 unspecified atom stereocenters. The van der Waals surface area contributed by atoms with Gasteiger partial charge in [0.2, 0.25) is 0 Å². The molecule has 16 heavy (non-hydrogen) atoms. The minimum Gasteiger partial charge on any atom is -0.476 e. The van der Waals surface area contributed by atoms with Crippen LogP contribution in [0.5, 0.6) is 0 Å². The Hall–Kier alpha value is -1.52. The fraction of sp³-hybridized carbons (Fsp3) is 0.636. The molecule has 0 aliphatic carbocycles. The first-order chi connectivity index (χ1) is 7.32. The Balaban J connectivity index is 3.51. The molecule has 0 saturated carbocycles. The van der Waals surface area contributed by atoms with E-state index in [1.807, 2.05) is 27.7 Å². The Morgan fingerprint density at radius 2 is 2.06 bits per heavy atom. The summed E-state index contributed by atoms with van der Waals surface area (Å²) in [5.74, 6) is -0.193. The largest absolute Gasteiger partial charge is 0.476 e. The van der Waals surface area contributed by atoms with Crippen LogP contribution in [0.4, 0.5) is 5.82 Å². The molecule has 1 heterocycles. The molecule has 1 rings (SSSR count). The molecule has 1 aromatic heterocycles. The van der Waals surface area contributed by atoms with Crippen LogP contribution in [0.25, 0.3) is 0 Å². The maximum absolute atomic E-state index is 11.2. The van der Waals surface area contributed by atoms with Crippen molar-refractivity contribution in [3.8, 4) is 0 Å². The average Bonchev–Trinajstić information content (AvgIpc) is 2.55. The second kappa shape index (κ2) is 4.15. The van der Waals surface area contributed by atoms with Gasteiger partial charge in [-0.15, -0.1) is 0 Å². The fourth-order valence-corrected chi connectivity index (χ4v) is 1.80. The number of anilines is 1. The lowest BCUT2D eigenvalue weighted by atomic mass is 9.86. The van der Waals surface area contributed by atoms with Crippen LogP contribution in [0.1, 0.15) is 43.7 Å². The molecule has 0 fully saturated rings. The van der Waals surface area contributed by atoms with Crippen LogP contribution in [0, 0.1) is 0 Å². The third-order valence-corrected chi connectivity index (χ3v) is 2.44. The number of nitrogens with zero attached hydrogens (tertiary/aromatic N) is 2. The van der Waals surface area contributed by atoms with Gasteiger partial charge in [-0.1, -0.05) is 20.8 Å². The van der Waals surface area contributed by atoms with Crippen molar-refractivity contribution in [3.63, 3.8) is 0 Å². The van der Waals surface area contributed by atoms with Crippen molar-refractivity contribution in [2.45, 2.75) is 39.7 Å². The third kappa shape index (κ3) is 2.03. The van der Waals surface area contributed by atoms with E-state index in [4.69, 9.17) is 5.11 Å². The van der Waals surface area contributed by atoms with E-state index >= 15 is 0 Å². The lowest BCUT2D eigenvalue weighted by molar-refractivity contribution is 0.0687. The predicted octanol–water partition coefficient (Wildman–Crippen LogP) is 1.94. The molecule has 0 saturated heterocycles. The Morgan fingerprint density at radius 3 is 2.38 bits per heavy atom. The Labute approximate surface area is 95.5 Å². The average molecular weight is 225 g/mol. The molecule has 0 spiro atoms. The summed E-state index contributed by atoms with van der Waals surface area (Å²) in [5, 5.41) is 16.3. The molecule has 0 radical (unpaired) electrons. The quantitative estimate of drug-likeness (QED) is 0.825. The maximum atomic E-state index is 11.2. The first-order valence-electron chi connectivity index (χ1n) is 5.35. The minimum absolute atomic E-state index is 0.138. The van der Waals surface area contributed by atoms with Crippen LogP contribution >= 0.6 is 0 Å². The van der Waals surface area contributed by atoms with Gasteiger partial charge in [0.05, 0.1) is 0 Å². The lowest BCUT2D eigenvalue weighted by Gasteiger charge is -2.20. The Bertz CT molecular complexity index is 402. The van der Waals surface area contributed by atoms with Crippen molar-refractivity contribution in [2.75, 3.05) is 12.4 Å². The van der Waals surface area contributed by atoms with Crippen LogP contribution in [-0.4, -0.2) is 27.9 Å². The van der Waals surface area contributed by atoms with E-state index in [0.717, 1.165) is 11.4 Å². The van der Waals surface area contributed by atoms with E-state index < -0.39 is 5.97 Å². The van der Waals surface area contributed by atoms with Gasteiger partial charge in [0.1, 0.15) is 5.82 Å². The fourth-order valence-electron chi connectivity index (χ4n) is 1.80. The minimum atomic E-state index is -0.978. The van der Waals surface area contributed by atoms with Crippen LogP contribution in [0.15, 0.2) is 0 Å².